The molecule has 0 aliphatic heterocycles. The van der Waals surface area contributed by atoms with Crippen molar-refractivity contribution < 1.29 is 9.84 Å². The van der Waals surface area contributed by atoms with E-state index in [1.54, 1.807) is 0 Å². The molecule has 17 heavy (non-hydrogen) atoms. The van der Waals surface area contributed by atoms with Crippen molar-refractivity contribution in [2.45, 2.75) is 39.4 Å². The predicted octanol–water partition coefficient (Wildman–Crippen LogP) is 2.74. The molecule has 2 heteroatoms. The molecule has 1 unspecified atom stereocenters. The molecule has 0 saturated heterocycles. The van der Waals surface area contributed by atoms with Crippen LogP contribution in [-0.2, 0) is 11.3 Å². The lowest BCUT2D eigenvalue weighted by Crippen LogP contribution is -2.07. The summed E-state index contributed by atoms with van der Waals surface area (Å²) in [7, 11) is 0. The van der Waals surface area contributed by atoms with Gasteiger partial charge < -0.3 is 9.84 Å². The molecule has 0 aromatic heterocycles. The van der Waals surface area contributed by atoms with Crippen molar-refractivity contribution in [3.63, 3.8) is 0 Å². The second-order valence-electron chi connectivity index (χ2n) is 4.07. The van der Waals surface area contributed by atoms with Crippen molar-refractivity contribution in [3.8, 4) is 11.8 Å². The first kappa shape index (κ1) is 13.8. The molecule has 1 aromatic carbocycles. The fraction of sp³-hybridized carbons (Fsp3) is 0.467. The second kappa shape index (κ2) is 7.89. The molecule has 0 heterocycles. The molecule has 0 bridgehead atoms. The Kier molecular flexibility index (Phi) is 6.39. The molecular formula is C15H20O2. The largest absolute Gasteiger partial charge is 0.384 e. The predicted molar refractivity (Wildman–Crippen MR) is 69.6 cm³/mol. The van der Waals surface area contributed by atoms with Gasteiger partial charge in [-0.3, -0.25) is 0 Å². The van der Waals surface area contributed by atoms with E-state index in [-0.39, 0.29) is 6.61 Å². The van der Waals surface area contributed by atoms with Crippen LogP contribution in [0.4, 0.5) is 0 Å². The van der Waals surface area contributed by atoms with Crippen LogP contribution in [0.2, 0.25) is 0 Å². The molecule has 0 spiro atoms. The standard InChI is InChI=1S/C15H20O2/c1-3-5-13(2)17-12-15-9-7-14(8-10-15)6-4-11-16/h7-10,13,16H,3,5,11-12H2,1-2H3. The zero-order valence-electron chi connectivity index (χ0n) is 10.6. The van der Waals surface area contributed by atoms with E-state index in [2.05, 4.69) is 25.7 Å². The van der Waals surface area contributed by atoms with E-state index < -0.39 is 0 Å². The van der Waals surface area contributed by atoms with E-state index in [1.807, 2.05) is 24.3 Å². The first-order valence-corrected chi connectivity index (χ1v) is 6.06. The minimum Gasteiger partial charge on any atom is -0.384 e. The SMILES string of the molecule is CCCC(C)OCc1ccc(C#CCO)cc1. The summed E-state index contributed by atoms with van der Waals surface area (Å²) in [6, 6.07) is 7.93. The zero-order valence-corrected chi connectivity index (χ0v) is 10.6. The molecule has 92 valence electrons. The highest BCUT2D eigenvalue weighted by molar-refractivity contribution is 5.35. The first-order chi connectivity index (χ1) is 8.26. The van der Waals surface area contributed by atoms with Crippen molar-refractivity contribution in [2.24, 2.45) is 0 Å². The molecule has 2 nitrogen and oxygen atoms in total. The van der Waals surface area contributed by atoms with Gasteiger partial charge in [0.2, 0.25) is 0 Å². The van der Waals surface area contributed by atoms with Crippen LogP contribution in [-0.4, -0.2) is 17.8 Å². The minimum atomic E-state index is -0.0978. The van der Waals surface area contributed by atoms with E-state index in [0.29, 0.717) is 12.7 Å². The molecule has 1 aromatic rings. The van der Waals surface area contributed by atoms with E-state index in [4.69, 9.17) is 9.84 Å². The minimum absolute atomic E-state index is 0.0978. The van der Waals surface area contributed by atoms with Crippen molar-refractivity contribution in [2.75, 3.05) is 6.61 Å². The van der Waals surface area contributed by atoms with Crippen LogP contribution in [0.1, 0.15) is 37.8 Å². The van der Waals surface area contributed by atoms with Crippen molar-refractivity contribution in [3.05, 3.63) is 35.4 Å². The van der Waals surface area contributed by atoms with Crippen LogP contribution in [0, 0.1) is 11.8 Å². The summed E-state index contributed by atoms with van der Waals surface area (Å²) in [5.41, 5.74) is 2.08. The van der Waals surface area contributed by atoms with Gasteiger partial charge in [0, 0.05) is 5.56 Å². The van der Waals surface area contributed by atoms with Crippen LogP contribution >= 0.6 is 0 Å². The summed E-state index contributed by atoms with van der Waals surface area (Å²) in [5.74, 6) is 5.49. The second-order valence-corrected chi connectivity index (χ2v) is 4.07. The maximum atomic E-state index is 8.58. The number of aliphatic hydroxyl groups is 1. The van der Waals surface area contributed by atoms with E-state index in [1.165, 1.54) is 0 Å². The normalized spacial score (nSPS) is 11.7. The van der Waals surface area contributed by atoms with Crippen LogP contribution in [0.25, 0.3) is 0 Å². The molecule has 0 fully saturated rings. The average molecular weight is 232 g/mol. The summed E-state index contributed by atoms with van der Waals surface area (Å²) in [5, 5.41) is 8.58. The van der Waals surface area contributed by atoms with Crippen molar-refractivity contribution in [1.82, 2.24) is 0 Å². The average Bonchev–Trinajstić information content (AvgIpc) is 2.35. The van der Waals surface area contributed by atoms with Gasteiger partial charge in [-0.1, -0.05) is 37.3 Å². The molecule has 0 radical (unpaired) electrons. The lowest BCUT2D eigenvalue weighted by atomic mass is 10.1. The van der Waals surface area contributed by atoms with Crippen LogP contribution in [0.5, 0.6) is 0 Å². The smallest absolute Gasteiger partial charge is 0.104 e. The topological polar surface area (TPSA) is 29.5 Å². The van der Waals surface area contributed by atoms with Crippen LogP contribution in [0.3, 0.4) is 0 Å². The highest BCUT2D eigenvalue weighted by Gasteiger charge is 2.00. The van der Waals surface area contributed by atoms with Gasteiger partial charge >= 0.3 is 0 Å². The Morgan fingerprint density at radius 1 is 1.29 bits per heavy atom. The monoisotopic (exact) mass is 232 g/mol. The highest BCUT2D eigenvalue weighted by Crippen LogP contribution is 2.08. The molecule has 0 aliphatic carbocycles. The van der Waals surface area contributed by atoms with E-state index >= 15 is 0 Å². The maximum Gasteiger partial charge on any atom is 0.104 e. The fourth-order valence-corrected chi connectivity index (χ4v) is 1.55. The Labute approximate surface area is 104 Å². The summed E-state index contributed by atoms with van der Waals surface area (Å²) in [6.45, 7) is 4.81. The third-order valence-electron chi connectivity index (χ3n) is 2.50. The van der Waals surface area contributed by atoms with Gasteiger partial charge in [-0.2, -0.15) is 0 Å². The van der Waals surface area contributed by atoms with Gasteiger partial charge in [-0.15, -0.1) is 0 Å². The van der Waals surface area contributed by atoms with Crippen molar-refractivity contribution >= 4 is 0 Å². The third-order valence-corrected chi connectivity index (χ3v) is 2.50. The van der Waals surface area contributed by atoms with Gasteiger partial charge in [0.25, 0.3) is 0 Å². The number of rotatable bonds is 5. The lowest BCUT2D eigenvalue weighted by molar-refractivity contribution is 0.0472. The summed E-state index contributed by atoms with van der Waals surface area (Å²) in [4.78, 5) is 0. The van der Waals surface area contributed by atoms with Gasteiger partial charge in [0.1, 0.15) is 6.61 Å². The Morgan fingerprint density at radius 2 is 2.00 bits per heavy atom. The number of aliphatic hydroxyl groups excluding tert-OH is 1. The molecule has 1 atom stereocenters. The molecular weight excluding hydrogens is 212 g/mol. The fourth-order valence-electron chi connectivity index (χ4n) is 1.55. The number of hydrogen-bond donors (Lipinski definition) is 1. The molecule has 0 aliphatic rings. The first-order valence-electron chi connectivity index (χ1n) is 6.06. The van der Waals surface area contributed by atoms with E-state index in [0.717, 1.165) is 24.0 Å². The van der Waals surface area contributed by atoms with Crippen LogP contribution in [0.15, 0.2) is 24.3 Å². The zero-order chi connectivity index (χ0) is 12.5. The number of ether oxygens (including phenoxy) is 1. The summed E-state index contributed by atoms with van der Waals surface area (Å²) < 4.78 is 5.71. The van der Waals surface area contributed by atoms with E-state index in [9.17, 15) is 0 Å². The highest BCUT2D eigenvalue weighted by atomic mass is 16.5. The summed E-state index contributed by atoms with van der Waals surface area (Å²) in [6.07, 6.45) is 2.56. The van der Waals surface area contributed by atoms with Crippen molar-refractivity contribution in [1.29, 1.82) is 0 Å². The number of benzene rings is 1. The van der Waals surface area contributed by atoms with Gasteiger partial charge in [0.05, 0.1) is 12.7 Å². The molecule has 1 N–H and O–H groups in total. The quantitative estimate of drug-likeness (QED) is 0.791. The summed E-state index contributed by atoms with van der Waals surface area (Å²) >= 11 is 0. The van der Waals surface area contributed by atoms with Gasteiger partial charge in [-0.25, -0.2) is 0 Å². The Morgan fingerprint density at radius 3 is 2.59 bits per heavy atom. The Bertz CT molecular complexity index is 370. The number of hydrogen-bond acceptors (Lipinski definition) is 2. The Hall–Kier alpha value is -1.30. The Balaban J connectivity index is 2.45. The van der Waals surface area contributed by atoms with Gasteiger partial charge in [0.15, 0.2) is 0 Å². The molecule has 0 amide bonds. The van der Waals surface area contributed by atoms with Crippen LogP contribution < -0.4 is 0 Å². The van der Waals surface area contributed by atoms with Gasteiger partial charge in [-0.05, 0) is 31.0 Å². The molecule has 0 saturated carbocycles. The lowest BCUT2D eigenvalue weighted by Gasteiger charge is -2.11. The third kappa shape index (κ3) is 5.53. The maximum absolute atomic E-state index is 8.58. The molecule has 1 rings (SSSR count).